The van der Waals surface area contributed by atoms with Crippen LogP contribution >= 0.6 is 23.2 Å². The number of halogens is 2. The van der Waals surface area contributed by atoms with Gasteiger partial charge >= 0.3 is 5.97 Å². The third-order valence-electron chi connectivity index (χ3n) is 4.24. The number of nitrogens with one attached hydrogen (secondary N) is 2. The van der Waals surface area contributed by atoms with Gasteiger partial charge in [-0.05, 0) is 35.9 Å². The lowest BCUT2D eigenvalue weighted by Gasteiger charge is -2.13. The molecule has 3 aromatic carbocycles. The van der Waals surface area contributed by atoms with Crippen molar-refractivity contribution in [3.8, 4) is 0 Å². The maximum absolute atomic E-state index is 12.8. The molecule has 1 amide bonds. The van der Waals surface area contributed by atoms with E-state index in [0.29, 0.717) is 0 Å². The summed E-state index contributed by atoms with van der Waals surface area (Å²) in [6.07, 6.45) is 0. The molecule has 0 unspecified atom stereocenters. The Morgan fingerprint density at radius 2 is 1.59 bits per heavy atom. The summed E-state index contributed by atoms with van der Waals surface area (Å²) in [4.78, 5) is 24.3. The average molecular weight is 493 g/mol. The lowest BCUT2D eigenvalue weighted by Crippen LogP contribution is -2.28. The largest absolute Gasteiger partial charge is 0.452 e. The summed E-state index contributed by atoms with van der Waals surface area (Å²) in [5, 5.41) is 2.79. The summed E-state index contributed by atoms with van der Waals surface area (Å²) in [6, 6.07) is 19.1. The summed E-state index contributed by atoms with van der Waals surface area (Å²) >= 11 is 11.9. The number of hydrogen-bond donors (Lipinski definition) is 2. The number of amides is 1. The monoisotopic (exact) mass is 492 g/mol. The summed E-state index contributed by atoms with van der Waals surface area (Å²) in [7, 11) is -4.15. The molecule has 0 spiro atoms. The van der Waals surface area contributed by atoms with Crippen LogP contribution < -0.4 is 10.0 Å². The first-order chi connectivity index (χ1) is 15.3. The Balaban J connectivity index is 1.67. The molecule has 0 heterocycles. The number of para-hydroxylation sites is 1. The molecule has 0 aliphatic carbocycles. The zero-order chi connectivity index (χ0) is 23.1. The van der Waals surface area contributed by atoms with E-state index in [0.717, 1.165) is 5.56 Å². The van der Waals surface area contributed by atoms with Crippen LogP contribution in [0.15, 0.2) is 77.7 Å². The molecule has 0 aliphatic rings. The fourth-order valence-corrected chi connectivity index (χ4v) is 4.53. The number of ether oxygens (including phenoxy) is 1. The van der Waals surface area contributed by atoms with Gasteiger partial charge in [-0.15, -0.1) is 0 Å². The normalized spacial score (nSPS) is 10.9. The fraction of sp³-hybridized carbons (Fsp3) is 0.0909. The molecular formula is C22H18Cl2N2O5S. The number of esters is 1. The molecule has 0 saturated carbocycles. The highest BCUT2D eigenvalue weighted by Gasteiger charge is 2.22. The minimum absolute atomic E-state index is 0.0294. The van der Waals surface area contributed by atoms with Gasteiger partial charge in [-0.1, -0.05) is 65.7 Å². The molecule has 166 valence electrons. The van der Waals surface area contributed by atoms with Crippen LogP contribution in [0.1, 0.15) is 15.9 Å². The molecular weight excluding hydrogens is 475 g/mol. The van der Waals surface area contributed by atoms with E-state index in [1.807, 2.05) is 30.3 Å². The molecule has 0 aromatic heterocycles. The Labute approximate surface area is 195 Å². The number of hydrogen-bond acceptors (Lipinski definition) is 5. The van der Waals surface area contributed by atoms with Crippen LogP contribution in [0.2, 0.25) is 10.0 Å². The van der Waals surface area contributed by atoms with Crippen molar-refractivity contribution in [2.75, 3.05) is 11.3 Å². The number of sulfonamides is 1. The first kappa shape index (κ1) is 23.6. The standard InChI is InChI=1S/C22H18Cl2N2O5S/c23-16-10-11-18(24)20(12-16)32(29,30)26-19-9-5-4-8-17(19)22(28)31-14-21(27)25-13-15-6-2-1-3-7-15/h1-12,26H,13-14H2,(H,25,27). The molecule has 0 bridgehead atoms. The summed E-state index contributed by atoms with van der Waals surface area (Å²) < 4.78 is 32.9. The Bertz CT molecular complexity index is 1230. The number of anilines is 1. The fourth-order valence-electron chi connectivity index (χ4n) is 2.69. The number of rotatable bonds is 8. The molecule has 0 atom stereocenters. The Kier molecular flexibility index (Phi) is 7.74. The first-order valence-electron chi connectivity index (χ1n) is 9.31. The third kappa shape index (κ3) is 6.23. The highest BCUT2D eigenvalue weighted by atomic mass is 35.5. The van der Waals surface area contributed by atoms with Gasteiger partial charge in [-0.2, -0.15) is 0 Å². The molecule has 0 fully saturated rings. The molecule has 10 heteroatoms. The zero-order valence-corrected chi connectivity index (χ0v) is 18.9. The van der Waals surface area contributed by atoms with Crippen molar-refractivity contribution in [2.24, 2.45) is 0 Å². The first-order valence-corrected chi connectivity index (χ1v) is 11.5. The van der Waals surface area contributed by atoms with Crippen molar-refractivity contribution in [3.63, 3.8) is 0 Å². The van der Waals surface area contributed by atoms with E-state index in [9.17, 15) is 18.0 Å². The molecule has 0 radical (unpaired) electrons. The van der Waals surface area contributed by atoms with Gasteiger partial charge in [-0.3, -0.25) is 9.52 Å². The van der Waals surface area contributed by atoms with Gasteiger partial charge in [0, 0.05) is 11.6 Å². The number of carbonyl (C=O) groups excluding carboxylic acids is 2. The van der Waals surface area contributed by atoms with Crippen molar-refractivity contribution < 1.29 is 22.7 Å². The highest BCUT2D eigenvalue weighted by molar-refractivity contribution is 7.92. The van der Waals surface area contributed by atoms with E-state index in [1.54, 1.807) is 6.07 Å². The van der Waals surface area contributed by atoms with Gasteiger partial charge in [0.2, 0.25) is 0 Å². The topological polar surface area (TPSA) is 102 Å². The second-order valence-electron chi connectivity index (χ2n) is 6.56. The summed E-state index contributed by atoms with van der Waals surface area (Å²) in [5.74, 6) is -1.36. The quantitative estimate of drug-likeness (QED) is 0.457. The average Bonchev–Trinajstić information content (AvgIpc) is 2.78. The zero-order valence-electron chi connectivity index (χ0n) is 16.5. The number of benzene rings is 3. The molecule has 3 aromatic rings. The van der Waals surface area contributed by atoms with Crippen LogP contribution in [0.4, 0.5) is 5.69 Å². The predicted molar refractivity (Wildman–Crippen MR) is 122 cm³/mol. The molecule has 7 nitrogen and oxygen atoms in total. The van der Waals surface area contributed by atoms with Crippen molar-refractivity contribution in [3.05, 3.63) is 94.0 Å². The van der Waals surface area contributed by atoms with E-state index in [2.05, 4.69) is 10.0 Å². The van der Waals surface area contributed by atoms with Crippen LogP contribution in [0.3, 0.4) is 0 Å². The van der Waals surface area contributed by atoms with Gasteiger partial charge in [0.15, 0.2) is 6.61 Å². The maximum atomic E-state index is 12.8. The van der Waals surface area contributed by atoms with Crippen molar-refractivity contribution in [1.82, 2.24) is 5.32 Å². The van der Waals surface area contributed by atoms with Crippen LogP contribution in [-0.2, 0) is 26.1 Å². The minimum atomic E-state index is -4.15. The number of carbonyl (C=O) groups is 2. The van der Waals surface area contributed by atoms with Gasteiger partial charge in [0.05, 0.1) is 16.3 Å². The van der Waals surface area contributed by atoms with Crippen molar-refractivity contribution in [1.29, 1.82) is 0 Å². The highest BCUT2D eigenvalue weighted by Crippen LogP contribution is 2.28. The lowest BCUT2D eigenvalue weighted by atomic mass is 10.2. The maximum Gasteiger partial charge on any atom is 0.340 e. The van der Waals surface area contributed by atoms with E-state index in [4.69, 9.17) is 27.9 Å². The third-order valence-corrected chi connectivity index (χ3v) is 6.32. The van der Waals surface area contributed by atoms with E-state index < -0.39 is 28.5 Å². The van der Waals surface area contributed by atoms with E-state index in [-0.39, 0.29) is 32.7 Å². The minimum Gasteiger partial charge on any atom is -0.452 e. The molecule has 3 rings (SSSR count). The molecule has 0 saturated heterocycles. The van der Waals surface area contributed by atoms with Gasteiger partial charge in [0.25, 0.3) is 15.9 Å². The summed E-state index contributed by atoms with van der Waals surface area (Å²) in [5.41, 5.74) is 0.801. The Morgan fingerprint density at radius 1 is 0.906 bits per heavy atom. The lowest BCUT2D eigenvalue weighted by molar-refractivity contribution is -0.124. The molecule has 2 N–H and O–H groups in total. The van der Waals surface area contributed by atoms with E-state index in [1.165, 1.54) is 36.4 Å². The summed E-state index contributed by atoms with van der Waals surface area (Å²) in [6.45, 7) is -0.235. The smallest absolute Gasteiger partial charge is 0.340 e. The van der Waals surface area contributed by atoms with Crippen LogP contribution in [0.5, 0.6) is 0 Å². The van der Waals surface area contributed by atoms with Crippen LogP contribution in [0.25, 0.3) is 0 Å². The van der Waals surface area contributed by atoms with E-state index >= 15 is 0 Å². The van der Waals surface area contributed by atoms with Crippen molar-refractivity contribution >= 4 is 50.8 Å². The predicted octanol–water partition coefficient (Wildman–Crippen LogP) is 4.27. The Morgan fingerprint density at radius 3 is 2.34 bits per heavy atom. The Hall–Kier alpha value is -3.07. The molecule has 32 heavy (non-hydrogen) atoms. The van der Waals surface area contributed by atoms with Crippen LogP contribution in [0, 0.1) is 0 Å². The molecule has 0 aliphatic heterocycles. The SMILES string of the molecule is O=C(COC(=O)c1ccccc1NS(=O)(=O)c1cc(Cl)ccc1Cl)NCc1ccccc1. The second-order valence-corrected chi connectivity index (χ2v) is 9.06. The second kappa shape index (κ2) is 10.5. The van der Waals surface area contributed by atoms with Gasteiger partial charge in [0.1, 0.15) is 4.90 Å². The van der Waals surface area contributed by atoms with Gasteiger partial charge < -0.3 is 10.1 Å². The van der Waals surface area contributed by atoms with Crippen LogP contribution in [-0.4, -0.2) is 26.9 Å². The van der Waals surface area contributed by atoms with Gasteiger partial charge in [-0.25, -0.2) is 13.2 Å². The van der Waals surface area contributed by atoms with Crippen molar-refractivity contribution in [2.45, 2.75) is 11.4 Å².